The van der Waals surface area contributed by atoms with Gasteiger partial charge in [0.15, 0.2) is 0 Å². The van der Waals surface area contributed by atoms with E-state index in [2.05, 4.69) is 0 Å². The molecular weight excluding hydrogens is 466 g/mol. The van der Waals surface area contributed by atoms with Gasteiger partial charge in [-0.2, -0.15) is 0 Å². The summed E-state index contributed by atoms with van der Waals surface area (Å²) in [6.45, 7) is 0. The molecule has 0 fully saturated rings. The molecule has 0 heterocycles. The third-order valence-corrected chi connectivity index (χ3v) is 0. The first-order valence-corrected chi connectivity index (χ1v) is 1.68. The molecule has 0 bridgehead atoms. The largest absolute Gasteiger partial charge is 0 e. The molecule has 0 unspecified atom stereocenters. The monoisotopic (exact) mass is 472 g/mol. The van der Waals surface area contributed by atoms with E-state index >= 15 is 0 Å². The fourth-order valence-electron chi connectivity index (χ4n) is 0. The van der Waals surface area contributed by atoms with Gasteiger partial charge in [0.05, 0.1) is 0 Å². The van der Waals surface area contributed by atoms with Crippen LogP contribution in [0.15, 0.2) is 0 Å². The van der Waals surface area contributed by atoms with Gasteiger partial charge in [0.1, 0.15) is 0 Å². The van der Waals surface area contributed by atoms with Crippen molar-refractivity contribution < 1.29 is 69.4 Å². The number of hydrogen-bond donors (Lipinski definition) is 0. The van der Waals surface area contributed by atoms with Crippen molar-refractivity contribution in [2.75, 3.05) is 0 Å². The fourth-order valence-corrected chi connectivity index (χ4v) is 0. The molecule has 0 saturated carbocycles. The van der Waals surface area contributed by atoms with Crippen LogP contribution in [0, 0.1) is 0 Å². The zero-order chi connectivity index (χ0) is 2.71. The summed E-state index contributed by atoms with van der Waals surface area (Å²) in [5.41, 5.74) is 0. The van der Waals surface area contributed by atoms with Crippen LogP contribution in [-0.2, 0) is 47.5 Å². The summed E-state index contributed by atoms with van der Waals surface area (Å²) in [4.78, 5) is 0. The molecule has 52 valence electrons. The minimum Gasteiger partial charge on any atom is 0 e. The molecule has 0 rings (SSSR count). The molecule has 0 spiro atoms. The van der Waals surface area contributed by atoms with Gasteiger partial charge < -0.3 is 21.9 Å². The normalized spacial score (nSPS) is 0.800. The maximum atomic E-state index is 8.50. The minimum absolute atomic E-state index is 0. The first kappa shape index (κ1) is 65.6. The van der Waals surface area contributed by atoms with E-state index in [1.165, 1.54) is 0 Å². The Balaban J connectivity index is -0.000000000952. The van der Waals surface area contributed by atoms with Crippen LogP contribution in [0.2, 0.25) is 0 Å². The van der Waals surface area contributed by atoms with Gasteiger partial charge in [0.25, 0.3) is 0 Å². The van der Waals surface area contributed by atoms with E-state index in [-0.39, 0.29) is 141 Å². The molecule has 0 atom stereocenters. The van der Waals surface area contributed by atoms with Gasteiger partial charge in [-0.3, -0.25) is 0 Å². The van der Waals surface area contributed by atoms with Crippen LogP contribution in [0.25, 0.3) is 0 Å². The third kappa shape index (κ3) is 90.5. The van der Waals surface area contributed by atoms with Crippen molar-refractivity contribution in [3.8, 4) is 0 Å². The van der Waals surface area contributed by atoms with Crippen LogP contribution in [0.1, 0.15) is 0 Å². The van der Waals surface area contributed by atoms with Crippen molar-refractivity contribution in [3.05, 3.63) is 0 Å². The van der Waals surface area contributed by atoms with Crippen LogP contribution in [0.4, 0.5) is 0 Å². The molecule has 0 radical (unpaired) electrons. The number of rotatable bonds is 0. The molecule has 0 aliphatic heterocycles. The van der Waals surface area contributed by atoms with E-state index < -0.39 is 19.1 Å². The zero-order valence-electron chi connectivity index (χ0n) is 5.02. The van der Waals surface area contributed by atoms with E-state index in [9.17, 15) is 0 Å². The molecule has 10 heteroatoms. The summed E-state index contributed by atoms with van der Waals surface area (Å²) in [6, 6.07) is 0. The molecular formula is H4Ba2O6Ti2. The molecule has 0 aromatic carbocycles. The van der Waals surface area contributed by atoms with E-state index in [4.69, 9.17) is 6.65 Å². The Morgan fingerprint density at radius 2 is 0.700 bits per heavy atom. The second-order valence-corrected chi connectivity index (χ2v) is 0.344. The van der Waals surface area contributed by atoms with Crippen molar-refractivity contribution >= 4 is 97.8 Å². The van der Waals surface area contributed by atoms with Crippen LogP contribution >= 0.6 is 0 Å². The zero-order valence-corrected chi connectivity index (χ0v) is 17.0. The molecule has 4 N–H and O–H groups in total. The molecule has 0 aliphatic rings. The molecule has 10 heavy (non-hydrogen) atoms. The van der Waals surface area contributed by atoms with Crippen molar-refractivity contribution in [1.29, 1.82) is 0 Å². The minimum atomic E-state index is -2.00. The Bertz CT molecular complexity index is 34.7. The molecule has 0 aromatic heterocycles. The van der Waals surface area contributed by atoms with Gasteiger partial charge in [-0.05, 0) is 0 Å². The quantitative estimate of drug-likeness (QED) is 0.384. The van der Waals surface area contributed by atoms with E-state index in [0.717, 1.165) is 0 Å². The molecule has 0 aromatic rings. The van der Waals surface area contributed by atoms with E-state index in [1.54, 1.807) is 0 Å². The topological polar surface area (TPSA) is 154 Å². The van der Waals surface area contributed by atoms with Crippen LogP contribution in [-0.4, -0.2) is 120 Å². The van der Waals surface area contributed by atoms with Gasteiger partial charge in [0.2, 0.25) is 0 Å². The van der Waals surface area contributed by atoms with Crippen molar-refractivity contribution in [2.45, 2.75) is 0 Å². The van der Waals surface area contributed by atoms with Crippen LogP contribution in [0.3, 0.4) is 0 Å². The van der Waals surface area contributed by atoms with E-state index in [0.29, 0.717) is 0 Å². The average Bonchev–Trinajstić information content (AvgIpc) is 0.918. The number of hydrogen-bond acceptors (Lipinski definition) is 6. The summed E-state index contributed by atoms with van der Waals surface area (Å²) in [5, 5.41) is 0. The molecule has 6 nitrogen and oxygen atoms in total. The summed E-state index contributed by atoms with van der Waals surface area (Å²) >= 11 is -2.00. The fraction of sp³-hybridized carbons (Fsp3) is 0. The standard InChI is InChI=1S/2Ba.4H2O.2O.2Ti/h;;4*1H2;;;;/q2*+2;;;;;;;;/p-4. The Labute approximate surface area is 162 Å². The van der Waals surface area contributed by atoms with Gasteiger partial charge in [0, 0.05) is 21.7 Å². The average molecular weight is 470 g/mol. The summed E-state index contributed by atoms with van der Waals surface area (Å²) in [6.07, 6.45) is 0. The van der Waals surface area contributed by atoms with Crippen molar-refractivity contribution in [2.24, 2.45) is 0 Å². The van der Waals surface area contributed by atoms with Gasteiger partial charge in [-0.15, -0.1) is 0 Å². The van der Waals surface area contributed by atoms with Crippen molar-refractivity contribution in [1.82, 2.24) is 0 Å². The summed E-state index contributed by atoms with van der Waals surface area (Å²) in [7, 11) is 0. The summed E-state index contributed by atoms with van der Waals surface area (Å²) < 4.78 is 17.0. The first-order chi connectivity index (χ1) is 1.41. The van der Waals surface area contributed by atoms with Gasteiger partial charge in [-0.1, -0.05) is 0 Å². The maximum absolute atomic E-state index is 8.50. The Morgan fingerprint density at radius 3 is 0.700 bits per heavy atom. The SMILES string of the molecule is [Ba+2].[Ba+2].[OH-].[OH-].[OH-].[OH-].[O]=[Ti]=[O].[Ti]. The predicted molar refractivity (Wildman–Crippen MR) is 20.6 cm³/mol. The molecule has 0 aliphatic carbocycles. The van der Waals surface area contributed by atoms with Gasteiger partial charge >= 0.3 is 124 Å². The van der Waals surface area contributed by atoms with E-state index in [1.807, 2.05) is 0 Å². The maximum Gasteiger partial charge on any atom is 0 e. The Kier molecular flexibility index (Phi) is 491. The smallest absolute Gasteiger partial charge is 0 e. The Morgan fingerprint density at radius 1 is 0.700 bits per heavy atom. The van der Waals surface area contributed by atoms with Gasteiger partial charge in [-0.25, -0.2) is 0 Å². The second-order valence-electron chi connectivity index (χ2n) is 0.0833. The third-order valence-electron chi connectivity index (χ3n) is 0. The molecule has 0 amide bonds. The Hall–Kier alpha value is 4.01. The summed E-state index contributed by atoms with van der Waals surface area (Å²) in [5.74, 6) is 0. The van der Waals surface area contributed by atoms with Crippen LogP contribution in [0.5, 0.6) is 0 Å². The molecule has 0 saturated heterocycles. The predicted octanol–water partition coefficient (Wildman–Crippen LogP) is -1.71. The van der Waals surface area contributed by atoms with Crippen LogP contribution < -0.4 is 0 Å². The second kappa shape index (κ2) is 74.7. The van der Waals surface area contributed by atoms with Crippen molar-refractivity contribution in [3.63, 3.8) is 0 Å². The first-order valence-electron chi connectivity index (χ1n) is 0.408.